The van der Waals surface area contributed by atoms with E-state index in [0.717, 1.165) is 16.8 Å². The molecule has 2 aromatic rings. The molecule has 2 N–H and O–H groups in total. The van der Waals surface area contributed by atoms with Crippen LogP contribution in [0.3, 0.4) is 0 Å². The standard InChI is InChI=1S/C16H19N3O2S/c1-9-5-10(2)15(11(3)6-9)18-14(21)8-22-16-17-12(4)7-13(20)19-16/h5-7H,8H2,1-4H3,(H,18,21)(H,17,19,20). The van der Waals surface area contributed by atoms with Gasteiger partial charge in [0.05, 0.1) is 5.75 Å². The van der Waals surface area contributed by atoms with Crippen molar-refractivity contribution in [2.75, 3.05) is 11.1 Å². The first-order chi connectivity index (χ1) is 10.3. The number of carbonyl (C=O) groups excluding carboxylic acids is 1. The van der Waals surface area contributed by atoms with Crippen molar-refractivity contribution in [3.63, 3.8) is 0 Å². The van der Waals surface area contributed by atoms with E-state index in [0.29, 0.717) is 10.9 Å². The Balaban J connectivity index is 2.03. The van der Waals surface area contributed by atoms with E-state index in [1.807, 2.05) is 32.9 Å². The number of amides is 1. The molecule has 22 heavy (non-hydrogen) atoms. The van der Waals surface area contributed by atoms with Gasteiger partial charge < -0.3 is 10.3 Å². The fourth-order valence-corrected chi connectivity index (χ4v) is 3.03. The number of rotatable bonds is 4. The van der Waals surface area contributed by atoms with Crippen LogP contribution in [0, 0.1) is 27.7 Å². The first-order valence-corrected chi connectivity index (χ1v) is 7.92. The van der Waals surface area contributed by atoms with Crippen LogP contribution in [0.1, 0.15) is 22.4 Å². The molecule has 1 amide bonds. The van der Waals surface area contributed by atoms with Crippen LogP contribution in [0.15, 0.2) is 28.2 Å². The molecule has 1 aromatic heterocycles. The number of benzene rings is 1. The Morgan fingerprint density at radius 1 is 1.18 bits per heavy atom. The van der Waals surface area contributed by atoms with E-state index in [-0.39, 0.29) is 17.2 Å². The SMILES string of the molecule is Cc1cc(C)c(NC(=O)CSc2nc(C)cc(=O)[nH]2)c(C)c1. The van der Waals surface area contributed by atoms with Gasteiger partial charge in [0.1, 0.15) is 0 Å². The van der Waals surface area contributed by atoms with E-state index in [4.69, 9.17) is 0 Å². The Labute approximate surface area is 133 Å². The van der Waals surface area contributed by atoms with Crippen LogP contribution >= 0.6 is 11.8 Å². The Morgan fingerprint density at radius 2 is 1.82 bits per heavy atom. The van der Waals surface area contributed by atoms with Crippen molar-refractivity contribution in [3.05, 3.63) is 50.9 Å². The smallest absolute Gasteiger partial charge is 0.251 e. The average Bonchev–Trinajstić information content (AvgIpc) is 2.39. The van der Waals surface area contributed by atoms with Crippen molar-refractivity contribution in [1.82, 2.24) is 9.97 Å². The molecule has 116 valence electrons. The molecular formula is C16H19N3O2S. The van der Waals surface area contributed by atoms with E-state index in [2.05, 4.69) is 15.3 Å². The van der Waals surface area contributed by atoms with Gasteiger partial charge in [0.25, 0.3) is 5.56 Å². The molecule has 2 rings (SSSR count). The number of carbonyl (C=O) groups is 1. The van der Waals surface area contributed by atoms with Gasteiger partial charge in [-0.1, -0.05) is 29.5 Å². The zero-order chi connectivity index (χ0) is 16.3. The zero-order valence-electron chi connectivity index (χ0n) is 13.1. The number of hydrogen-bond acceptors (Lipinski definition) is 4. The summed E-state index contributed by atoms with van der Waals surface area (Å²) in [6.45, 7) is 7.73. The predicted octanol–water partition coefficient (Wildman–Crippen LogP) is 2.73. The normalized spacial score (nSPS) is 10.5. The maximum Gasteiger partial charge on any atom is 0.251 e. The van der Waals surface area contributed by atoms with Crippen molar-refractivity contribution in [1.29, 1.82) is 0 Å². The lowest BCUT2D eigenvalue weighted by atomic mass is 10.1. The maximum atomic E-state index is 12.1. The molecule has 0 fully saturated rings. The molecule has 0 spiro atoms. The lowest BCUT2D eigenvalue weighted by molar-refractivity contribution is -0.113. The highest BCUT2D eigenvalue weighted by Crippen LogP contribution is 2.22. The van der Waals surface area contributed by atoms with Crippen LogP contribution in [0.25, 0.3) is 0 Å². The van der Waals surface area contributed by atoms with Gasteiger partial charge in [-0.25, -0.2) is 4.98 Å². The average molecular weight is 317 g/mol. The molecule has 1 heterocycles. The Kier molecular flexibility index (Phi) is 5.03. The minimum Gasteiger partial charge on any atom is -0.325 e. The third kappa shape index (κ3) is 4.21. The first-order valence-electron chi connectivity index (χ1n) is 6.93. The highest BCUT2D eigenvalue weighted by Gasteiger charge is 2.10. The fourth-order valence-electron chi connectivity index (χ4n) is 2.31. The summed E-state index contributed by atoms with van der Waals surface area (Å²) < 4.78 is 0. The van der Waals surface area contributed by atoms with E-state index in [1.54, 1.807) is 6.92 Å². The number of aromatic nitrogens is 2. The summed E-state index contributed by atoms with van der Waals surface area (Å²) in [5.41, 5.74) is 4.53. The molecule has 5 nitrogen and oxygen atoms in total. The van der Waals surface area contributed by atoms with E-state index in [9.17, 15) is 9.59 Å². The molecular weight excluding hydrogens is 298 g/mol. The van der Waals surface area contributed by atoms with Gasteiger partial charge in [0.2, 0.25) is 5.91 Å². The monoisotopic (exact) mass is 317 g/mol. The summed E-state index contributed by atoms with van der Waals surface area (Å²) in [5.74, 6) is 0.0725. The van der Waals surface area contributed by atoms with Crippen LogP contribution in [-0.4, -0.2) is 21.6 Å². The highest BCUT2D eigenvalue weighted by atomic mass is 32.2. The topological polar surface area (TPSA) is 74.8 Å². The summed E-state index contributed by atoms with van der Waals surface area (Å²) in [4.78, 5) is 30.3. The molecule has 0 radical (unpaired) electrons. The highest BCUT2D eigenvalue weighted by molar-refractivity contribution is 7.99. The maximum absolute atomic E-state index is 12.1. The summed E-state index contributed by atoms with van der Waals surface area (Å²) in [7, 11) is 0. The van der Waals surface area contributed by atoms with Gasteiger partial charge >= 0.3 is 0 Å². The molecule has 0 atom stereocenters. The molecule has 0 saturated heterocycles. The zero-order valence-corrected chi connectivity index (χ0v) is 13.9. The number of nitrogens with one attached hydrogen (secondary N) is 2. The van der Waals surface area contributed by atoms with Crippen molar-refractivity contribution >= 4 is 23.4 Å². The second-order valence-electron chi connectivity index (χ2n) is 5.30. The summed E-state index contributed by atoms with van der Waals surface area (Å²) in [6.07, 6.45) is 0. The van der Waals surface area contributed by atoms with Gasteiger partial charge in [0, 0.05) is 17.4 Å². The third-order valence-electron chi connectivity index (χ3n) is 3.13. The first kappa shape index (κ1) is 16.3. The Morgan fingerprint density at radius 3 is 2.41 bits per heavy atom. The van der Waals surface area contributed by atoms with E-state index >= 15 is 0 Å². The van der Waals surface area contributed by atoms with Crippen LogP contribution in [0.2, 0.25) is 0 Å². The number of thioether (sulfide) groups is 1. The largest absolute Gasteiger partial charge is 0.325 e. The molecule has 0 aliphatic rings. The molecule has 0 bridgehead atoms. The van der Waals surface area contributed by atoms with Gasteiger partial charge in [-0.05, 0) is 38.8 Å². The number of anilines is 1. The number of hydrogen-bond donors (Lipinski definition) is 2. The van der Waals surface area contributed by atoms with E-state index in [1.165, 1.54) is 23.4 Å². The van der Waals surface area contributed by atoms with Crippen molar-refractivity contribution in [2.45, 2.75) is 32.9 Å². The number of H-pyrrole nitrogens is 1. The quantitative estimate of drug-likeness (QED) is 0.671. The summed E-state index contributed by atoms with van der Waals surface area (Å²) >= 11 is 1.21. The molecule has 0 unspecified atom stereocenters. The molecule has 6 heteroatoms. The molecule has 0 aliphatic carbocycles. The minimum absolute atomic E-state index is 0.121. The van der Waals surface area contributed by atoms with Crippen molar-refractivity contribution < 1.29 is 4.79 Å². The predicted molar refractivity (Wildman–Crippen MR) is 89.6 cm³/mol. The number of nitrogens with zero attached hydrogens (tertiary/aromatic N) is 1. The third-order valence-corrected chi connectivity index (χ3v) is 4.00. The number of aromatic amines is 1. The molecule has 1 aromatic carbocycles. The van der Waals surface area contributed by atoms with Crippen LogP contribution in [0.5, 0.6) is 0 Å². The second kappa shape index (κ2) is 6.79. The van der Waals surface area contributed by atoms with Crippen LogP contribution < -0.4 is 10.9 Å². The minimum atomic E-state index is -0.208. The molecule has 0 saturated carbocycles. The van der Waals surface area contributed by atoms with Crippen LogP contribution in [-0.2, 0) is 4.79 Å². The summed E-state index contributed by atoms with van der Waals surface area (Å²) in [6, 6.07) is 5.49. The van der Waals surface area contributed by atoms with Crippen molar-refractivity contribution in [3.8, 4) is 0 Å². The van der Waals surface area contributed by atoms with E-state index < -0.39 is 0 Å². The van der Waals surface area contributed by atoms with Crippen molar-refractivity contribution in [2.24, 2.45) is 0 Å². The van der Waals surface area contributed by atoms with Crippen LogP contribution in [0.4, 0.5) is 5.69 Å². The lowest BCUT2D eigenvalue weighted by Gasteiger charge is -2.12. The lowest BCUT2D eigenvalue weighted by Crippen LogP contribution is -2.17. The number of aryl methyl sites for hydroxylation is 4. The Hall–Kier alpha value is -2.08. The molecule has 0 aliphatic heterocycles. The van der Waals surface area contributed by atoms with Gasteiger partial charge in [0.15, 0.2) is 5.16 Å². The van der Waals surface area contributed by atoms with Gasteiger partial charge in [-0.3, -0.25) is 9.59 Å². The fraction of sp³-hybridized carbons (Fsp3) is 0.312. The van der Waals surface area contributed by atoms with Gasteiger partial charge in [-0.15, -0.1) is 0 Å². The summed E-state index contributed by atoms with van der Waals surface area (Å²) in [5, 5.41) is 3.38. The Bertz CT molecular complexity index is 745. The van der Waals surface area contributed by atoms with Gasteiger partial charge in [-0.2, -0.15) is 0 Å². The second-order valence-corrected chi connectivity index (χ2v) is 6.27.